The van der Waals surface area contributed by atoms with Crippen LogP contribution in [0.25, 0.3) is 0 Å². The first-order valence-corrected chi connectivity index (χ1v) is 6.46. The molecule has 1 N–H and O–H groups in total. The van der Waals surface area contributed by atoms with Crippen LogP contribution in [0.4, 0.5) is 17.1 Å². The SMILES string of the molecule is Cc1cc(Nc2cccc(C#N)c2[N+](=O)[O-])cc(C)c1C. The van der Waals surface area contributed by atoms with Crippen molar-refractivity contribution in [2.75, 3.05) is 5.32 Å². The summed E-state index contributed by atoms with van der Waals surface area (Å²) in [6.07, 6.45) is 0. The number of hydrogen-bond acceptors (Lipinski definition) is 4. The van der Waals surface area contributed by atoms with Crippen molar-refractivity contribution in [2.24, 2.45) is 0 Å². The molecule has 5 heteroatoms. The molecule has 0 aliphatic carbocycles. The second-order valence-corrected chi connectivity index (χ2v) is 4.93. The lowest BCUT2D eigenvalue weighted by Crippen LogP contribution is -2.00. The highest BCUT2D eigenvalue weighted by Crippen LogP contribution is 2.31. The van der Waals surface area contributed by atoms with Crippen LogP contribution in [0.2, 0.25) is 0 Å². The van der Waals surface area contributed by atoms with Gasteiger partial charge < -0.3 is 5.32 Å². The van der Waals surface area contributed by atoms with Gasteiger partial charge in [0.05, 0.1) is 4.92 Å². The Bertz CT molecular complexity index is 738. The Kier molecular flexibility index (Phi) is 3.90. The van der Waals surface area contributed by atoms with Crippen LogP contribution in [0.1, 0.15) is 22.3 Å². The summed E-state index contributed by atoms with van der Waals surface area (Å²) in [5.41, 5.74) is 4.35. The van der Waals surface area contributed by atoms with E-state index in [-0.39, 0.29) is 11.3 Å². The smallest absolute Gasteiger partial charge is 0.310 e. The van der Waals surface area contributed by atoms with Crippen molar-refractivity contribution in [3.63, 3.8) is 0 Å². The van der Waals surface area contributed by atoms with Crippen LogP contribution in [-0.4, -0.2) is 4.92 Å². The van der Waals surface area contributed by atoms with Crippen LogP contribution in [0.15, 0.2) is 30.3 Å². The highest BCUT2D eigenvalue weighted by Gasteiger charge is 2.19. The van der Waals surface area contributed by atoms with Crippen LogP contribution in [-0.2, 0) is 0 Å². The Morgan fingerprint density at radius 2 is 1.81 bits per heavy atom. The summed E-state index contributed by atoms with van der Waals surface area (Å²) in [7, 11) is 0. The number of aryl methyl sites for hydroxylation is 2. The lowest BCUT2D eigenvalue weighted by molar-refractivity contribution is -0.384. The fourth-order valence-corrected chi connectivity index (χ4v) is 2.19. The molecule has 0 aliphatic heterocycles. The zero-order valence-corrected chi connectivity index (χ0v) is 12.1. The third-order valence-corrected chi connectivity index (χ3v) is 3.55. The van der Waals surface area contributed by atoms with Crippen LogP contribution >= 0.6 is 0 Å². The second kappa shape index (κ2) is 5.63. The third-order valence-electron chi connectivity index (χ3n) is 3.55. The topological polar surface area (TPSA) is 79.0 Å². The number of para-hydroxylation sites is 1. The average molecular weight is 281 g/mol. The molecule has 0 fully saturated rings. The Morgan fingerprint density at radius 3 is 2.33 bits per heavy atom. The Hall–Kier alpha value is -2.87. The number of benzene rings is 2. The van der Waals surface area contributed by atoms with Gasteiger partial charge in [0.2, 0.25) is 0 Å². The molecule has 2 aromatic rings. The lowest BCUT2D eigenvalue weighted by Gasteiger charge is -2.12. The Labute approximate surface area is 123 Å². The number of anilines is 2. The maximum absolute atomic E-state index is 11.2. The second-order valence-electron chi connectivity index (χ2n) is 4.93. The quantitative estimate of drug-likeness (QED) is 0.677. The molecule has 0 heterocycles. The van der Waals surface area contributed by atoms with Crippen molar-refractivity contribution in [1.82, 2.24) is 0 Å². The zero-order chi connectivity index (χ0) is 15.6. The van der Waals surface area contributed by atoms with E-state index >= 15 is 0 Å². The van der Waals surface area contributed by atoms with Gasteiger partial charge >= 0.3 is 5.69 Å². The molecule has 0 unspecified atom stereocenters. The van der Waals surface area contributed by atoms with Gasteiger partial charge in [-0.1, -0.05) is 6.07 Å². The molecule has 2 aromatic carbocycles. The molecule has 0 saturated carbocycles. The van der Waals surface area contributed by atoms with E-state index in [1.807, 2.05) is 39.0 Å². The molecule has 0 spiro atoms. The van der Waals surface area contributed by atoms with Crippen LogP contribution < -0.4 is 5.32 Å². The van der Waals surface area contributed by atoms with Crippen molar-refractivity contribution in [1.29, 1.82) is 5.26 Å². The molecule has 21 heavy (non-hydrogen) atoms. The van der Waals surface area contributed by atoms with Crippen molar-refractivity contribution in [3.8, 4) is 6.07 Å². The summed E-state index contributed by atoms with van der Waals surface area (Å²) in [5.74, 6) is 0. The van der Waals surface area contributed by atoms with Crippen LogP contribution in [0.3, 0.4) is 0 Å². The molecular formula is C16H15N3O2. The number of rotatable bonds is 3. The first-order valence-electron chi connectivity index (χ1n) is 6.46. The number of nitriles is 1. The van der Waals surface area contributed by atoms with Gasteiger partial charge in [0.25, 0.3) is 0 Å². The largest absolute Gasteiger partial charge is 0.350 e. The molecule has 0 amide bonds. The predicted molar refractivity (Wildman–Crippen MR) is 81.7 cm³/mol. The Balaban J connectivity index is 2.50. The monoisotopic (exact) mass is 281 g/mol. The van der Waals surface area contributed by atoms with Gasteiger partial charge in [0.15, 0.2) is 0 Å². The maximum Gasteiger partial charge on any atom is 0.310 e. The van der Waals surface area contributed by atoms with E-state index in [0.29, 0.717) is 5.69 Å². The fourth-order valence-electron chi connectivity index (χ4n) is 2.19. The van der Waals surface area contributed by atoms with Gasteiger partial charge in [0, 0.05) is 5.69 Å². The summed E-state index contributed by atoms with van der Waals surface area (Å²) < 4.78 is 0. The molecule has 0 saturated heterocycles. The molecular weight excluding hydrogens is 266 g/mol. The maximum atomic E-state index is 11.2. The number of hydrogen-bond donors (Lipinski definition) is 1. The molecule has 106 valence electrons. The third kappa shape index (κ3) is 2.84. The van der Waals surface area contributed by atoms with E-state index in [4.69, 9.17) is 5.26 Å². The molecule has 2 rings (SSSR count). The van der Waals surface area contributed by atoms with Crippen molar-refractivity contribution < 1.29 is 4.92 Å². The van der Waals surface area contributed by atoms with Gasteiger partial charge in [-0.25, -0.2) is 0 Å². The normalized spacial score (nSPS) is 10.0. The standard InChI is InChI=1S/C16H15N3O2/c1-10-7-14(8-11(2)12(10)3)18-15-6-4-5-13(9-17)16(15)19(20)21/h4-8,18H,1-3H3. The summed E-state index contributed by atoms with van der Waals surface area (Å²) in [6.45, 7) is 6.02. The van der Waals surface area contributed by atoms with E-state index in [1.165, 1.54) is 11.6 Å². The Morgan fingerprint density at radius 1 is 1.19 bits per heavy atom. The number of nitrogens with one attached hydrogen (secondary N) is 1. The summed E-state index contributed by atoms with van der Waals surface area (Å²) in [6, 6.07) is 10.4. The summed E-state index contributed by atoms with van der Waals surface area (Å²) >= 11 is 0. The van der Waals surface area contributed by atoms with Crippen molar-refractivity contribution in [2.45, 2.75) is 20.8 Å². The minimum absolute atomic E-state index is 0.0468. The van der Waals surface area contributed by atoms with Crippen LogP contribution in [0.5, 0.6) is 0 Å². The average Bonchev–Trinajstić information content (AvgIpc) is 2.44. The predicted octanol–water partition coefficient (Wildman–Crippen LogP) is 4.14. The summed E-state index contributed by atoms with van der Waals surface area (Å²) in [5, 5.41) is 23.2. The van der Waals surface area contributed by atoms with Gasteiger partial charge in [-0.2, -0.15) is 5.26 Å². The first kappa shape index (κ1) is 14.5. The van der Waals surface area contributed by atoms with Gasteiger partial charge in [0.1, 0.15) is 17.3 Å². The van der Waals surface area contributed by atoms with E-state index < -0.39 is 4.92 Å². The van der Waals surface area contributed by atoms with Crippen molar-refractivity contribution in [3.05, 3.63) is 62.7 Å². The van der Waals surface area contributed by atoms with Crippen LogP contribution in [0, 0.1) is 42.2 Å². The highest BCUT2D eigenvalue weighted by molar-refractivity contribution is 5.74. The number of nitro benzene ring substituents is 1. The zero-order valence-electron chi connectivity index (χ0n) is 12.1. The minimum atomic E-state index is -0.533. The molecule has 0 atom stereocenters. The van der Waals surface area contributed by atoms with Gasteiger partial charge in [-0.3, -0.25) is 10.1 Å². The van der Waals surface area contributed by atoms with E-state index in [2.05, 4.69) is 5.32 Å². The van der Waals surface area contributed by atoms with E-state index in [9.17, 15) is 10.1 Å². The van der Waals surface area contributed by atoms with Gasteiger partial charge in [-0.15, -0.1) is 0 Å². The lowest BCUT2D eigenvalue weighted by atomic mass is 10.0. The number of nitrogens with zero attached hydrogens (tertiary/aromatic N) is 2. The first-order chi connectivity index (χ1) is 9.93. The molecule has 0 bridgehead atoms. The summed E-state index contributed by atoms with van der Waals surface area (Å²) in [4.78, 5) is 10.7. The minimum Gasteiger partial charge on any atom is -0.350 e. The van der Waals surface area contributed by atoms with Gasteiger partial charge in [-0.05, 0) is 61.7 Å². The fraction of sp³-hybridized carbons (Fsp3) is 0.188. The molecule has 5 nitrogen and oxygen atoms in total. The number of nitro groups is 1. The molecule has 0 radical (unpaired) electrons. The van der Waals surface area contributed by atoms with E-state index in [1.54, 1.807) is 12.1 Å². The van der Waals surface area contributed by atoms with Crippen molar-refractivity contribution >= 4 is 17.1 Å². The molecule has 0 aliphatic rings. The highest BCUT2D eigenvalue weighted by atomic mass is 16.6. The van der Waals surface area contributed by atoms with E-state index in [0.717, 1.165) is 16.8 Å². The molecule has 0 aromatic heterocycles.